The van der Waals surface area contributed by atoms with E-state index in [1.807, 2.05) is 6.92 Å². The van der Waals surface area contributed by atoms with E-state index in [4.69, 9.17) is 5.41 Å². The Balaban J connectivity index is 2.89. The fourth-order valence-corrected chi connectivity index (χ4v) is 1.16. The first-order valence-corrected chi connectivity index (χ1v) is 3.80. The van der Waals surface area contributed by atoms with Crippen LogP contribution < -0.4 is 0 Å². The van der Waals surface area contributed by atoms with Crippen molar-refractivity contribution in [3.63, 3.8) is 0 Å². The van der Waals surface area contributed by atoms with E-state index in [1.165, 1.54) is 6.21 Å². The molecule has 0 aliphatic rings. The Morgan fingerprint density at radius 2 is 2.55 bits per heavy atom. The number of aromatic nitrogens is 2. The molecule has 0 saturated heterocycles. The van der Waals surface area contributed by atoms with Crippen LogP contribution in [0.25, 0.3) is 0 Å². The Morgan fingerprint density at radius 3 is 2.91 bits per heavy atom. The summed E-state index contributed by atoms with van der Waals surface area (Å²) in [7, 11) is 0. The van der Waals surface area contributed by atoms with Gasteiger partial charge in [-0.1, -0.05) is 6.92 Å². The predicted octanol–water partition coefficient (Wildman–Crippen LogP) is 1.86. The van der Waals surface area contributed by atoms with Crippen LogP contribution >= 0.6 is 0 Å². The maximum atomic E-state index is 7.17. The molecule has 0 aromatic carbocycles. The molecular formula is C8H13N3. The molecule has 3 heteroatoms. The number of aryl methyl sites for hydroxylation is 1. The van der Waals surface area contributed by atoms with Crippen molar-refractivity contribution in [3.05, 3.63) is 17.5 Å². The molecule has 2 N–H and O–H groups in total. The minimum atomic E-state index is 0.230. The number of hydrogen-bond acceptors (Lipinski definition) is 2. The summed E-state index contributed by atoms with van der Waals surface area (Å²) in [5.41, 5.74) is 2.21. The van der Waals surface area contributed by atoms with Crippen molar-refractivity contribution >= 4 is 6.21 Å². The Hall–Kier alpha value is -1.12. The second-order valence-electron chi connectivity index (χ2n) is 2.63. The SMILES string of the molecule is CCC(C=N)c1cn[nH]c1C. The summed E-state index contributed by atoms with van der Waals surface area (Å²) in [5.74, 6) is 0.230. The lowest BCUT2D eigenvalue weighted by molar-refractivity contribution is 0.848. The monoisotopic (exact) mass is 151 g/mol. The smallest absolute Gasteiger partial charge is 0.0528 e. The van der Waals surface area contributed by atoms with Crippen LogP contribution in [0.5, 0.6) is 0 Å². The van der Waals surface area contributed by atoms with Gasteiger partial charge in [-0.3, -0.25) is 5.10 Å². The molecule has 11 heavy (non-hydrogen) atoms. The Bertz CT molecular complexity index is 239. The fraction of sp³-hybridized carbons (Fsp3) is 0.500. The molecule has 0 amide bonds. The Labute approximate surface area is 66.3 Å². The van der Waals surface area contributed by atoms with Gasteiger partial charge < -0.3 is 5.41 Å². The molecule has 1 atom stereocenters. The van der Waals surface area contributed by atoms with Crippen molar-refractivity contribution in [2.45, 2.75) is 26.2 Å². The highest BCUT2D eigenvalue weighted by atomic mass is 15.1. The summed E-state index contributed by atoms with van der Waals surface area (Å²) in [4.78, 5) is 0. The highest BCUT2D eigenvalue weighted by molar-refractivity contribution is 5.64. The van der Waals surface area contributed by atoms with E-state index in [1.54, 1.807) is 6.20 Å². The summed E-state index contributed by atoms with van der Waals surface area (Å²) in [6.45, 7) is 4.05. The van der Waals surface area contributed by atoms with E-state index in [0.717, 1.165) is 17.7 Å². The molecule has 0 saturated carbocycles. The molecule has 1 heterocycles. The van der Waals surface area contributed by atoms with Crippen molar-refractivity contribution in [2.24, 2.45) is 0 Å². The number of nitrogens with zero attached hydrogens (tertiary/aromatic N) is 1. The third-order valence-electron chi connectivity index (χ3n) is 1.91. The van der Waals surface area contributed by atoms with E-state index in [0.29, 0.717) is 0 Å². The molecule has 3 nitrogen and oxygen atoms in total. The topological polar surface area (TPSA) is 52.5 Å². The molecule has 60 valence electrons. The van der Waals surface area contributed by atoms with E-state index < -0.39 is 0 Å². The average molecular weight is 151 g/mol. The van der Waals surface area contributed by atoms with Gasteiger partial charge in [-0.05, 0) is 13.3 Å². The van der Waals surface area contributed by atoms with Gasteiger partial charge in [-0.15, -0.1) is 0 Å². The second kappa shape index (κ2) is 3.32. The van der Waals surface area contributed by atoms with Gasteiger partial charge in [0, 0.05) is 23.4 Å². The van der Waals surface area contributed by atoms with Crippen molar-refractivity contribution in [1.82, 2.24) is 10.2 Å². The van der Waals surface area contributed by atoms with Gasteiger partial charge in [0.25, 0.3) is 0 Å². The van der Waals surface area contributed by atoms with Gasteiger partial charge in [-0.25, -0.2) is 0 Å². The van der Waals surface area contributed by atoms with E-state index in [9.17, 15) is 0 Å². The minimum Gasteiger partial charge on any atom is -0.312 e. The molecule has 0 bridgehead atoms. The number of H-pyrrole nitrogens is 1. The molecule has 0 fully saturated rings. The van der Waals surface area contributed by atoms with Gasteiger partial charge in [0.15, 0.2) is 0 Å². The van der Waals surface area contributed by atoms with Crippen LogP contribution in [0.15, 0.2) is 6.20 Å². The van der Waals surface area contributed by atoms with Gasteiger partial charge in [0.1, 0.15) is 0 Å². The molecule has 0 spiro atoms. The largest absolute Gasteiger partial charge is 0.312 e. The second-order valence-corrected chi connectivity index (χ2v) is 2.63. The van der Waals surface area contributed by atoms with Crippen LogP contribution in [0.4, 0.5) is 0 Å². The summed E-state index contributed by atoms with van der Waals surface area (Å²) in [6.07, 6.45) is 4.23. The van der Waals surface area contributed by atoms with Crippen molar-refractivity contribution in [3.8, 4) is 0 Å². The lowest BCUT2D eigenvalue weighted by Gasteiger charge is -2.05. The van der Waals surface area contributed by atoms with Crippen LogP contribution in [0, 0.1) is 12.3 Å². The van der Waals surface area contributed by atoms with Crippen LogP contribution in [-0.4, -0.2) is 16.4 Å². The molecule has 0 aliphatic carbocycles. The first-order valence-electron chi connectivity index (χ1n) is 3.80. The Kier molecular flexibility index (Phi) is 2.41. The molecule has 0 radical (unpaired) electrons. The Morgan fingerprint density at radius 1 is 1.82 bits per heavy atom. The summed E-state index contributed by atoms with van der Waals surface area (Å²) in [5, 5.41) is 13.9. The minimum absolute atomic E-state index is 0.230. The van der Waals surface area contributed by atoms with Gasteiger partial charge in [0.05, 0.1) is 6.20 Å². The van der Waals surface area contributed by atoms with Gasteiger partial charge in [0.2, 0.25) is 0 Å². The fourth-order valence-electron chi connectivity index (χ4n) is 1.16. The number of nitrogens with one attached hydrogen (secondary N) is 2. The summed E-state index contributed by atoms with van der Waals surface area (Å²) >= 11 is 0. The average Bonchev–Trinajstić information content (AvgIpc) is 2.40. The zero-order valence-corrected chi connectivity index (χ0v) is 6.89. The normalized spacial score (nSPS) is 12.9. The molecular weight excluding hydrogens is 138 g/mol. The maximum Gasteiger partial charge on any atom is 0.0528 e. The van der Waals surface area contributed by atoms with Gasteiger partial charge in [-0.2, -0.15) is 5.10 Å². The van der Waals surface area contributed by atoms with Crippen LogP contribution in [0.1, 0.15) is 30.5 Å². The third kappa shape index (κ3) is 1.48. The number of rotatable bonds is 3. The molecule has 0 aliphatic heterocycles. The van der Waals surface area contributed by atoms with Crippen LogP contribution in [0.2, 0.25) is 0 Å². The number of hydrogen-bond donors (Lipinski definition) is 2. The molecule has 1 rings (SSSR count). The van der Waals surface area contributed by atoms with Crippen LogP contribution in [-0.2, 0) is 0 Å². The molecule has 1 unspecified atom stereocenters. The maximum absolute atomic E-state index is 7.17. The van der Waals surface area contributed by atoms with Crippen LogP contribution in [0.3, 0.4) is 0 Å². The van der Waals surface area contributed by atoms with Crippen molar-refractivity contribution < 1.29 is 0 Å². The van der Waals surface area contributed by atoms with Crippen molar-refractivity contribution in [2.75, 3.05) is 0 Å². The van der Waals surface area contributed by atoms with Crippen molar-refractivity contribution in [1.29, 1.82) is 5.41 Å². The van der Waals surface area contributed by atoms with E-state index in [-0.39, 0.29) is 5.92 Å². The predicted molar refractivity (Wildman–Crippen MR) is 45.1 cm³/mol. The summed E-state index contributed by atoms with van der Waals surface area (Å²) < 4.78 is 0. The standard InChI is InChI=1S/C8H13N3/c1-3-7(4-9)8-5-10-11-6(8)2/h4-5,7,9H,3H2,1-2H3,(H,10,11). The zero-order valence-electron chi connectivity index (χ0n) is 6.89. The third-order valence-corrected chi connectivity index (χ3v) is 1.91. The lowest BCUT2D eigenvalue weighted by atomic mass is 9.99. The molecule has 1 aromatic rings. The highest BCUT2D eigenvalue weighted by Crippen LogP contribution is 2.18. The molecule has 1 aromatic heterocycles. The first kappa shape index (κ1) is 7.98. The van der Waals surface area contributed by atoms with Gasteiger partial charge >= 0.3 is 0 Å². The lowest BCUT2D eigenvalue weighted by Crippen LogP contribution is -1.97. The van der Waals surface area contributed by atoms with E-state index in [2.05, 4.69) is 17.1 Å². The first-order chi connectivity index (χ1) is 5.29. The highest BCUT2D eigenvalue weighted by Gasteiger charge is 2.09. The zero-order chi connectivity index (χ0) is 8.27. The van der Waals surface area contributed by atoms with E-state index >= 15 is 0 Å². The summed E-state index contributed by atoms with van der Waals surface area (Å²) in [6, 6.07) is 0. The quantitative estimate of drug-likeness (QED) is 0.636. The number of aromatic amines is 1.